The number of hydrogen-bond donors (Lipinski definition) is 1. The molecule has 102 valence electrons. The number of hydrogen-bond acceptors (Lipinski definition) is 4. The fraction of sp³-hybridized carbons (Fsp3) is 0.571. The van der Waals surface area contributed by atoms with Gasteiger partial charge in [0.1, 0.15) is 18.1 Å². The van der Waals surface area contributed by atoms with Crippen molar-refractivity contribution in [3.05, 3.63) is 24.3 Å². The molecule has 0 aromatic heterocycles. The van der Waals surface area contributed by atoms with E-state index < -0.39 is 0 Å². The van der Waals surface area contributed by atoms with Gasteiger partial charge in [-0.25, -0.2) is 0 Å². The van der Waals surface area contributed by atoms with Gasteiger partial charge in [0.25, 0.3) is 0 Å². The molecule has 0 heterocycles. The molecule has 0 fully saturated rings. The number of nitrogens with two attached hydrogens (primary N) is 1. The Morgan fingerprint density at radius 2 is 1.72 bits per heavy atom. The lowest BCUT2D eigenvalue weighted by atomic mass is 10.3. The van der Waals surface area contributed by atoms with Crippen molar-refractivity contribution in [1.82, 2.24) is 4.90 Å². The molecule has 0 bridgehead atoms. The Morgan fingerprint density at radius 1 is 1.11 bits per heavy atom. The van der Waals surface area contributed by atoms with E-state index in [1.54, 1.807) is 7.11 Å². The molecule has 0 aliphatic rings. The third-order valence-corrected chi connectivity index (χ3v) is 2.85. The molecule has 0 spiro atoms. The van der Waals surface area contributed by atoms with Crippen LogP contribution in [0.2, 0.25) is 0 Å². The highest BCUT2D eigenvalue weighted by molar-refractivity contribution is 5.31. The molecule has 18 heavy (non-hydrogen) atoms. The van der Waals surface area contributed by atoms with Crippen molar-refractivity contribution in [3.63, 3.8) is 0 Å². The Bertz CT molecular complexity index is 325. The summed E-state index contributed by atoms with van der Waals surface area (Å²) in [4.78, 5) is 2.31. The van der Waals surface area contributed by atoms with E-state index in [4.69, 9.17) is 15.2 Å². The third kappa shape index (κ3) is 4.94. The van der Waals surface area contributed by atoms with Crippen LogP contribution in [0.5, 0.6) is 11.5 Å². The van der Waals surface area contributed by atoms with Crippen LogP contribution in [0.4, 0.5) is 0 Å². The highest BCUT2D eigenvalue weighted by Crippen LogP contribution is 2.16. The number of ether oxygens (including phenoxy) is 2. The van der Waals surface area contributed by atoms with E-state index in [1.807, 2.05) is 24.3 Å². The summed E-state index contributed by atoms with van der Waals surface area (Å²) in [7, 11) is 1.66. The molecule has 0 aliphatic carbocycles. The van der Waals surface area contributed by atoms with Gasteiger partial charge in [0, 0.05) is 25.7 Å². The maximum atomic E-state index is 5.69. The quantitative estimate of drug-likeness (QED) is 0.765. The normalized spacial score (nSPS) is 11.0. The lowest BCUT2D eigenvalue weighted by Crippen LogP contribution is -2.38. The zero-order valence-corrected chi connectivity index (χ0v) is 11.6. The largest absolute Gasteiger partial charge is 0.497 e. The summed E-state index contributed by atoms with van der Waals surface area (Å²) < 4.78 is 10.8. The van der Waals surface area contributed by atoms with Gasteiger partial charge in [-0.05, 0) is 38.1 Å². The number of nitrogens with zero attached hydrogens (tertiary/aromatic N) is 1. The van der Waals surface area contributed by atoms with Crippen molar-refractivity contribution in [2.45, 2.75) is 19.9 Å². The van der Waals surface area contributed by atoms with E-state index in [1.165, 1.54) is 0 Å². The SMILES string of the molecule is COc1ccc(OCCN(CCN)C(C)C)cc1. The minimum atomic E-state index is 0.494. The Labute approximate surface area is 110 Å². The second-order valence-corrected chi connectivity index (χ2v) is 4.44. The molecule has 0 unspecified atom stereocenters. The molecular formula is C14H24N2O2. The predicted molar refractivity (Wildman–Crippen MR) is 74.3 cm³/mol. The Balaban J connectivity index is 2.35. The fourth-order valence-corrected chi connectivity index (χ4v) is 1.75. The Morgan fingerprint density at radius 3 is 2.22 bits per heavy atom. The zero-order valence-electron chi connectivity index (χ0n) is 11.6. The molecule has 0 aliphatic heterocycles. The summed E-state index contributed by atoms with van der Waals surface area (Å²) in [6.07, 6.45) is 0. The maximum Gasteiger partial charge on any atom is 0.119 e. The van der Waals surface area contributed by atoms with E-state index in [0.717, 1.165) is 24.6 Å². The molecule has 4 nitrogen and oxygen atoms in total. The second kappa shape index (κ2) is 7.95. The van der Waals surface area contributed by atoms with Crippen molar-refractivity contribution < 1.29 is 9.47 Å². The van der Waals surface area contributed by atoms with Gasteiger partial charge in [0.15, 0.2) is 0 Å². The maximum absolute atomic E-state index is 5.69. The van der Waals surface area contributed by atoms with Crippen LogP contribution < -0.4 is 15.2 Å². The summed E-state index contributed by atoms with van der Waals surface area (Å²) in [5.41, 5.74) is 5.59. The molecule has 1 aromatic rings. The van der Waals surface area contributed by atoms with Gasteiger partial charge in [0.2, 0.25) is 0 Å². The van der Waals surface area contributed by atoms with E-state index in [2.05, 4.69) is 18.7 Å². The molecule has 1 rings (SSSR count). The summed E-state index contributed by atoms with van der Waals surface area (Å²) in [5.74, 6) is 1.71. The molecule has 1 aromatic carbocycles. The van der Waals surface area contributed by atoms with Gasteiger partial charge < -0.3 is 15.2 Å². The van der Waals surface area contributed by atoms with Gasteiger partial charge in [-0.3, -0.25) is 4.90 Å². The number of benzene rings is 1. The van der Waals surface area contributed by atoms with Crippen LogP contribution in [0.1, 0.15) is 13.8 Å². The summed E-state index contributed by atoms with van der Waals surface area (Å²) >= 11 is 0. The second-order valence-electron chi connectivity index (χ2n) is 4.44. The summed E-state index contributed by atoms with van der Waals surface area (Å²) in [6.45, 7) is 7.49. The first kappa shape index (κ1) is 14.8. The molecule has 0 amide bonds. The molecule has 0 radical (unpaired) electrons. The van der Waals surface area contributed by atoms with E-state index in [9.17, 15) is 0 Å². The van der Waals surface area contributed by atoms with Crippen LogP contribution in [0, 0.1) is 0 Å². The number of rotatable bonds is 8. The van der Waals surface area contributed by atoms with Gasteiger partial charge in [-0.15, -0.1) is 0 Å². The lowest BCUT2D eigenvalue weighted by Gasteiger charge is -2.25. The van der Waals surface area contributed by atoms with Crippen molar-refractivity contribution >= 4 is 0 Å². The standard InChI is InChI=1S/C14H24N2O2/c1-12(2)16(9-8-15)10-11-18-14-6-4-13(17-3)5-7-14/h4-7,12H,8-11,15H2,1-3H3. The van der Waals surface area contributed by atoms with E-state index in [0.29, 0.717) is 19.2 Å². The van der Waals surface area contributed by atoms with Crippen molar-refractivity contribution in [1.29, 1.82) is 0 Å². The Kier molecular flexibility index (Phi) is 6.54. The molecular weight excluding hydrogens is 228 g/mol. The summed E-state index contributed by atoms with van der Waals surface area (Å²) in [6, 6.07) is 8.13. The minimum Gasteiger partial charge on any atom is -0.497 e. The average Bonchev–Trinajstić information content (AvgIpc) is 2.38. The highest BCUT2D eigenvalue weighted by Gasteiger charge is 2.07. The first-order valence-corrected chi connectivity index (χ1v) is 6.38. The third-order valence-electron chi connectivity index (χ3n) is 2.85. The highest BCUT2D eigenvalue weighted by atomic mass is 16.5. The lowest BCUT2D eigenvalue weighted by molar-refractivity contribution is 0.180. The van der Waals surface area contributed by atoms with Crippen molar-refractivity contribution in [3.8, 4) is 11.5 Å². The molecule has 0 atom stereocenters. The average molecular weight is 252 g/mol. The molecule has 0 saturated carbocycles. The van der Waals surface area contributed by atoms with E-state index in [-0.39, 0.29) is 0 Å². The fourth-order valence-electron chi connectivity index (χ4n) is 1.75. The van der Waals surface area contributed by atoms with Crippen LogP contribution in [0.25, 0.3) is 0 Å². The first-order chi connectivity index (χ1) is 8.67. The topological polar surface area (TPSA) is 47.7 Å². The monoisotopic (exact) mass is 252 g/mol. The summed E-state index contributed by atoms with van der Waals surface area (Å²) in [5, 5.41) is 0. The van der Waals surface area contributed by atoms with Gasteiger partial charge in [-0.2, -0.15) is 0 Å². The van der Waals surface area contributed by atoms with E-state index >= 15 is 0 Å². The molecule has 2 N–H and O–H groups in total. The van der Waals surface area contributed by atoms with Crippen molar-refractivity contribution in [2.24, 2.45) is 5.73 Å². The number of methoxy groups -OCH3 is 1. The van der Waals surface area contributed by atoms with Crippen LogP contribution in [-0.4, -0.2) is 44.3 Å². The van der Waals surface area contributed by atoms with Crippen LogP contribution in [-0.2, 0) is 0 Å². The van der Waals surface area contributed by atoms with Gasteiger partial charge in [0.05, 0.1) is 7.11 Å². The van der Waals surface area contributed by atoms with Crippen molar-refractivity contribution in [2.75, 3.05) is 33.4 Å². The predicted octanol–water partition coefficient (Wildman–Crippen LogP) is 1.74. The van der Waals surface area contributed by atoms with Crippen LogP contribution in [0.15, 0.2) is 24.3 Å². The van der Waals surface area contributed by atoms with Crippen LogP contribution >= 0.6 is 0 Å². The minimum absolute atomic E-state index is 0.494. The smallest absolute Gasteiger partial charge is 0.119 e. The molecule has 4 heteroatoms. The van der Waals surface area contributed by atoms with Crippen LogP contribution in [0.3, 0.4) is 0 Å². The van der Waals surface area contributed by atoms with Gasteiger partial charge >= 0.3 is 0 Å². The molecule has 0 saturated heterocycles. The Hall–Kier alpha value is -1.26. The zero-order chi connectivity index (χ0) is 13.4. The first-order valence-electron chi connectivity index (χ1n) is 6.38. The van der Waals surface area contributed by atoms with Gasteiger partial charge in [-0.1, -0.05) is 0 Å².